The molecule has 0 aromatic heterocycles. The molecule has 2 aromatic carbocycles. The lowest BCUT2D eigenvalue weighted by Gasteiger charge is -2.31. The number of aliphatic hydroxyl groups is 1. The van der Waals surface area contributed by atoms with Crippen LogP contribution >= 0.6 is 0 Å². The Morgan fingerprint density at radius 2 is 1.78 bits per heavy atom. The van der Waals surface area contributed by atoms with Crippen LogP contribution in [0.1, 0.15) is 45.2 Å². The van der Waals surface area contributed by atoms with Crippen molar-refractivity contribution in [2.75, 3.05) is 11.9 Å². The number of carbonyl (C=O) groups is 2. The molecule has 0 bridgehead atoms. The zero-order chi connectivity index (χ0) is 23.5. The number of aliphatic imine (C=N–C) groups is 1. The van der Waals surface area contributed by atoms with E-state index in [4.69, 9.17) is 4.99 Å². The Morgan fingerprint density at radius 3 is 2.41 bits per heavy atom. The number of benzodiazepines with no additional fused rings is 1. The average molecular weight is 436 g/mol. The number of carbonyl (C=O) groups excluding carboxylic acids is 2. The molecule has 2 aromatic rings. The molecule has 0 spiro atoms. The predicted octanol–water partition coefficient (Wildman–Crippen LogP) is 3.42. The number of para-hydroxylation sites is 1. The van der Waals surface area contributed by atoms with E-state index in [1.165, 1.54) is 0 Å². The van der Waals surface area contributed by atoms with Gasteiger partial charge in [0.15, 0.2) is 0 Å². The minimum Gasteiger partial charge on any atom is -0.392 e. The van der Waals surface area contributed by atoms with Crippen molar-refractivity contribution in [1.29, 1.82) is 0 Å². The molecule has 1 heterocycles. The van der Waals surface area contributed by atoms with E-state index in [0.717, 1.165) is 23.1 Å². The fourth-order valence-electron chi connectivity index (χ4n) is 4.00. The van der Waals surface area contributed by atoms with Gasteiger partial charge in [-0.15, -0.1) is 0 Å². The molecule has 0 saturated carbocycles. The summed E-state index contributed by atoms with van der Waals surface area (Å²) in [5.74, 6) is -0.957. The van der Waals surface area contributed by atoms with Gasteiger partial charge in [0, 0.05) is 23.9 Å². The van der Waals surface area contributed by atoms with Crippen LogP contribution in [0.25, 0.3) is 0 Å². The van der Waals surface area contributed by atoms with Crippen molar-refractivity contribution in [3.63, 3.8) is 0 Å². The van der Waals surface area contributed by atoms with Gasteiger partial charge in [-0.05, 0) is 17.9 Å². The van der Waals surface area contributed by atoms with Gasteiger partial charge in [0.2, 0.25) is 5.91 Å². The monoisotopic (exact) mass is 435 g/mol. The average Bonchev–Trinajstić information content (AvgIpc) is 2.87. The second kappa shape index (κ2) is 9.65. The van der Waals surface area contributed by atoms with E-state index < -0.39 is 24.2 Å². The maximum atomic E-state index is 13.1. The van der Waals surface area contributed by atoms with E-state index in [0.29, 0.717) is 12.1 Å². The number of aliphatic hydroxyl groups excluding tert-OH is 1. The normalized spacial score (nSPS) is 20.4. The van der Waals surface area contributed by atoms with Crippen molar-refractivity contribution in [1.82, 2.24) is 5.32 Å². The van der Waals surface area contributed by atoms with E-state index in [9.17, 15) is 14.7 Å². The third kappa shape index (κ3) is 5.25. The van der Waals surface area contributed by atoms with E-state index >= 15 is 0 Å². The van der Waals surface area contributed by atoms with Gasteiger partial charge in [-0.2, -0.15) is 0 Å². The van der Waals surface area contributed by atoms with Crippen LogP contribution < -0.4 is 10.2 Å². The van der Waals surface area contributed by atoms with Crippen LogP contribution in [-0.2, 0) is 9.59 Å². The molecule has 6 nitrogen and oxygen atoms in total. The van der Waals surface area contributed by atoms with Gasteiger partial charge in [0.25, 0.3) is 0 Å². The highest BCUT2D eigenvalue weighted by molar-refractivity contribution is 6.16. The van der Waals surface area contributed by atoms with Gasteiger partial charge in [0.1, 0.15) is 18.5 Å². The largest absolute Gasteiger partial charge is 0.392 e. The molecular formula is C26H33N3O3. The number of rotatable bonds is 6. The SMILES string of the molecule is C[C@@H](C(=O)N[C@H]1N=C(c2ccccc2)c2ccccc2N(C)[C@@H]1C=O)[C@@H](O)CC(C)(C)C. The van der Waals surface area contributed by atoms with Crippen LogP contribution in [0.3, 0.4) is 0 Å². The lowest BCUT2D eigenvalue weighted by atomic mass is 9.85. The molecule has 170 valence electrons. The van der Waals surface area contributed by atoms with Crippen molar-refractivity contribution in [3.8, 4) is 0 Å². The van der Waals surface area contributed by atoms with E-state index in [-0.39, 0.29) is 11.3 Å². The second-order valence-corrected chi connectivity index (χ2v) is 9.67. The predicted molar refractivity (Wildman–Crippen MR) is 128 cm³/mol. The number of nitrogens with zero attached hydrogens (tertiary/aromatic N) is 2. The zero-order valence-corrected chi connectivity index (χ0v) is 19.4. The summed E-state index contributed by atoms with van der Waals surface area (Å²) in [4.78, 5) is 31.9. The van der Waals surface area contributed by atoms with Gasteiger partial charge in [-0.25, -0.2) is 0 Å². The maximum absolute atomic E-state index is 13.1. The van der Waals surface area contributed by atoms with Crippen molar-refractivity contribution in [3.05, 3.63) is 65.7 Å². The number of hydrogen-bond donors (Lipinski definition) is 2. The summed E-state index contributed by atoms with van der Waals surface area (Å²) in [6.07, 6.45) is -0.275. The Kier molecular flexibility index (Phi) is 7.14. The fourth-order valence-corrected chi connectivity index (χ4v) is 4.00. The van der Waals surface area contributed by atoms with Gasteiger partial charge in [-0.3, -0.25) is 9.79 Å². The Morgan fingerprint density at radius 1 is 1.16 bits per heavy atom. The van der Waals surface area contributed by atoms with Gasteiger partial charge >= 0.3 is 0 Å². The molecule has 3 rings (SSSR count). The standard InChI is InChI=1S/C26H33N3O3/c1-17(22(31)15-26(2,3)4)25(32)28-24-21(16-30)29(5)20-14-10-9-13-19(20)23(27-24)18-11-7-6-8-12-18/h6-14,16-17,21-22,24,31H,15H2,1-5H3,(H,28,32)/t17-,21-,22+,24-/m1/s1. The summed E-state index contributed by atoms with van der Waals surface area (Å²) in [6, 6.07) is 16.8. The van der Waals surface area contributed by atoms with Crippen LogP contribution in [0.15, 0.2) is 59.6 Å². The van der Waals surface area contributed by atoms with Crippen molar-refractivity contribution < 1.29 is 14.7 Å². The Hall–Kier alpha value is -2.99. The second-order valence-electron chi connectivity index (χ2n) is 9.67. The maximum Gasteiger partial charge on any atom is 0.227 e. The molecule has 1 aliphatic rings. The number of anilines is 1. The third-order valence-corrected chi connectivity index (χ3v) is 5.87. The minimum absolute atomic E-state index is 0.109. The van der Waals surface area contributed by atoms with Gasteiger partial charge < -0.3 is 20.1 Å². The van der Waals surface area contributed by atoms with E-state index in [2.05, 4.69) is 5.32 Å². The van der Waals surface area contributed by atoms with Crippen LogP contribution in [0.5, 0.6) is 0 Å². The molecule has 0 radical (unpaired) electrons. The first-order valence-electron chi connectivity index (χ1n) is 11.0. The number of hydrogen-bond acceptors (Lipinski definition) is 5. The minimum atomic E-state index is -0.795. The molecule has 0 saturated heterocycles. The van der Waals surface area contributed by atoms with Crippen LogP contribution in [0.4, 0.5) is 5.69 Å². The lowest BCUT2D eigenvalue weighted by Crippen LogP contribution is -2.52. The Balaban J connectivity index is 1.99. The lowest BCUT2D eigenvalue weighted by molar-refractivity contribution is -0.129. The highest BCUT2D eigenvalue weighted by atomic mass is 16.3. The summed E-state index contributed by atoms with van der Waals surface area (Å²) in [6.45, 7) is 7.78. The number of nitrogens with one attached hydrogen (secondary N) is 1. The molecule has 2 N–H and O–H groups in total. The summed E-state index contributed by atoms with van der Waals surface area (Å²) < 4.78 is 0. The third-order valence-electron chi connectivity index (χ3n) is 5.87. The smallest absolute Gasteiger partial charge is 0.227 e. The summed E-state index contributed by atoms with van der Waals surface area (Å²) in [7, 11) is 1.83. The van der Waals surface area contributed by atoms with Crippen LogP contribution in [0.2, 0.25) is 0 Å². The summed E-state index contributed by atoms with van der Waals surface area (Å²) in [5.41, 5.74) is 3.27. The molecule has 6 heteroatoms. The number of likely N-dealkylation sites (N-methyl/N-ethyl adjacent to an activating group) is 1. The fraction of sp³-hybridized carbons (Fsp3) is 0.423. The molecule has 1 amide bonds. The van der Waals surface area contributed by atoms with Crippen molar-refractivity contribution in [2.45, 2.75) is 52.4 Å². The number of fused-ring (bicyclic) bond motifs is 1. The molecule has 32 heavy (non-hydrogen) atoms. The van der Waals surface area contributed by atoms with Crippen molar-refractivity contribution >= 4 is 23.6 Å². The van der Waals surface area contributed by atoms with Gasteiger partial charge in [-0.1, -0.05) is 76.2 Å². The quantitative estimate of drug-likeness (QED) is 0.681. The number of benzene rings is 2. The highest BCUT2D eigenvalue weighted by Gasteiger charge is 2.34. The Bertz CT molecular complexity index is 981. The van der Waals surface area contributed by atoms with Crippen LogP contribution in [0, 0.1) is 11.3 Å². The topological polar surface area (TPSA) is 82.0 Å². The van der Waals surface area contributed by atoms with E-state index in [1.54, 1.807) is 6.92 Å². The summed E-state index contributed by atoms with van der Waals surface area (Å²) in [5, 5.41) is 13.5. The number of aldehydes is 1. The van der Waals surface area contributed by atoms with Crippen molar-refractivity contribution in [2.24, 2.45) is 16.3 Å². The molecule has 0 fully saturated rings. The molecule has 0 unspecified atom stereocenters. The first-order valence-corrected chi connectivity index (χ1v) is 11.0. The Labute approximate surface area is 190 Å². The number of amides is 1. The molecule has 4 atom stereocenters. The summed E-state index contributed by atoms with van der Waals surface area (Å²) >= 11 is 0. The van der Waals surface area contributed by atoms with Crippen LogP contribution in [-0.4, -0.2) is 48.4 Å². The molecule has 0 aliphatic carbocycles. The van der Waals surface area contributed by atoms with E-state index in [1.807, 2.05) is 87.3 Å². The highest BCUT2D eigenvalue weighted by Crippen LogP contribution is 2.29. The first-order chi connectivity index (χ1) is 15.1. The first kappa shape index (κ1) is 23.7. The molecular weight excluding hydrogens is 402 g/mol. The van der Waals surface area contributed by atoms with Gasteiger partial charge in [0.05, 0.1) is 17.7 Å². The molecule has 1 aliphatic heterocycles. The zero-order valence-electron chi connectivity index (χ0n) is 19.4.